The molecule has 2 aromatic carbocycles. The molecule has 1 heterocycles. The fourth-order valence-corrected chi connectivity index (χ4v) is 3.05. The van der Waals surface area contributed by atoms with E-state index < -0.39 is 0 Å². The summed E-state index contributed by atoms with van der Waals surface area (Å²) in [5, 5.41) is 2.70. The topological polar surface area (TPSA) is 65.3 Å². The lowest BCUT2D eigenvalue weighted by Gasteiger charge is -2.11. The first-order valence-electron chi connectivity index (χ1n) is 8.73. The second kappa shape index (κ2) is 7.53. The summed E-state index contributed by atoms with van der Waals surface area (Å²) in [6, 6.07) is 15.1. The van der Waals surface area contributed by atoms with Crippen LogP contribution in [-0.2, 0) is 11.8 Å². The molecule has 0 bridgehead atoms. The van der Waals surface area contributed by atoms with Crippen molar-refractivity contribution < 1.29 is 9.53 Å². The highest BCUT2D eigenvalue weighted by atomic mass is 16.5. The van der Waals surface area contributed by atoms with Gasteiger partial charge in [-0.1, -0.05) is 36.4 Å². The molecule has 0 atom stereocenters. The number of aryl methyl sites for hydroxylation is 2. The minimum Gasteiger partial charge on any atom is -0.483 e. The number of hydrogen-bond donors (Lipinski definition) is 1. The van der Waals surface area contributed by atoms with Crippen molar-refractivity contribution in [2.24, 2.45) is 7.05 Å². The summed E-state index contributed by atoms with van der Waals surface area (Å²) in [5.41, 5.74) is 3.32. The molecule has 0 aliphatic carbocycles. The fourth-order valence-electron chi connectivity index (χ4n) is 3.05. The van der Waals surface area contributed by atoms with Crippen molar-refractivity contribution in [1.29, 1.82) is 0 Å². The van der Waals surface area contributed by atoms with Crippen LogP contribution in [0.2, 0.25) is 0 Å². The lowest BCUT2D eigenvalue weighted by atomic mass is 10.1. The number of carbonyl (C=O) groups excluding carboxylic acids is 1. The summed E-state index contributed by atoms with van der Waals surface area (Å²) < 4.78 is 8.92. The first kappa shape index (κ1) is 18.5. The van der Waals surface area contributed by atoms with Crippen molar-refractivity contribution in [3.8, 4) is 11.4 Å². The van der Waals surface area contributed by atoms with Gasteiger partial charge < -0.3 is 10.1 Å². The first-order chi connectivity index (χ1) is 12.9. The molecular formula is C21H23N3O3. The maximum atomic E-state index is 12.8. The molecule has 0 radical (unpaired) electrons. The summed E-state index contributed by atoms with van der Waals surface area (Å²) >= 11 is 0. The molecule has 3 rings (SSSR count). The van der Waals surface area contributed by atoms with Gasteiger partial charge in [-0.05, 0) is 44.0 Å². The molecule has 6 nitrogen and oxygen atoms in total. The summed E-state index contributed by atoms with van der Waals surface area (Å²) in [5.74, 6) is 0.322. The van der Waals surface area contributed by atoms with Gasteiger partial charge in [0.05, 0.1) is 11.4 Å². The predicted octanol–water partition coefficient (Wildman–Crippen LogP) is 3.12. The number of nitrogens with zero attached hydrogens (tertiary/aromatic N) is 2. The van der Waals surface area contributed by atoms with Gasteiger partial charge >= 0.3 is 0 Å². The van der Waals surface area contributed by atoms with Crippen LogP contribution in [0.25, 0.3) is 5.69 Å². The van der Waals surface area contributed by atoms with E-state index in [2.05, 4.69) is 5.32 Å². The van der Waals surface area contributed by atoms with Crippen LogP contribution in [0.5, 0.6) is 5.75 Å². The molecule has 3 aromatic rings. The third-order valence-corrected chi connectivity index (χ3v) is 4.57. The number of anilines is 1. The molecule has 6 heteroatoms. The molecule has 0 unspecified atom stereocenters. The lowest BCUT2D eigenvalue weighted by molar-refractivity contribution is -0.118. The zero-order valence-electron chi connectivity index (χ0n) is 15.9. The van der Waals surface area contributed by atoms with Crippen LogP contribution in [0.4, 0.5) is 5.69 Å². The van der Waals surface area contributed by atoms with Crippen LogP contribution >= 0.6 is 0 Å². The Morgan fingerprint density at radius 2 is 1.63 bits per heavy atom. The molecule has 0 spiro atoms. The Hall–Kier alpha value is -3.28. The number of nitrogens with one attached hydrogen (secondary N) is 1. The molecule has 27 heavy (non-hydrogen) atoms. The van der Waals surface area contributed by atoms with Gasteiger partial charge in [-0.2, -0.15) is 0 Å². The monoisotopic (exact) mass is 365 g/mol. The minimum atomic E-state index is -0.372. The third kappa shape index (κ3) is 3.65. The molecule has 0 aliphatic heterocycles. The van der Waals surface area contributed by atoms with Crippen molar-refractivity contribution in [1.82, 2.24) is 9.36 Å². The second-order valence-corrected chi connectivity index (χ2v) is 6.49. The van der Waals surface area contributed by atoms with Crippen molar-refractivity contribution in [2.75, 3.05) is 11.9 Å². The molecule has 1 amide bonds. The van der Waals surface area contributed by atoms with Crippen LogP contribution in [-0.4, -0.2) is 21.9 Å². The van der Waals surface area contributed by atoms with Crippen molar-refractivity contribution in [3.63, 3.8) is 0 Å². The zero-order chi connectivity index (χ0) is 19.6. The van der Waals surface area contributed by atoms with Crippen LogP contribution in [0, 0.1) is 20.8 Å². The second-order valence-electron chi connectivity index (χ2n) is 6.49. The van der Waals surface area contributed by atoms with E-state index in [9.17, 15) is 9.59 Å². The minimum absolute atomic E-state index is 0.162. The number of ether oxygens (including phenoxy) is 1. The van der Waals surface area contributed by atoms with Gasteiger partial charge in [0.25, 0.3) is 11.5 Å². The van der Waals surface area contributed by atoms with Gasteiger partial charge in [0.2, 0.25) is 0 Å². The average Bonchev–Trinajstić information content (AvgIpc) is 2.85. The Morgan fingerprint density at radius 1 is 1.00 bits per heavy atom. The van der Waals surface area contributed by atoms with Crippen LogP contribution in [0.1, 0.15) is 16.8 Å². The maximum Gasteiger partial charge on any atom is 0.295 e. The van der Waals surface area contributed by atoms with Crippen molar-refractivity contribution in [3.05, 3.63) is 75.7 Å². The molecule has 140 valence electrons. The number of aromatic nitrogens is 2. The van der Waals surface area contributed by atoms with E-state index in [0.29, 0.717) is 11.4 Å². The number of hydrogen-bond acceptors (Lipinski definition) is 3. The molecule has 0 saturated heterocycles. The van der Waals surface area contributed by atoms with E-state index in [1.54, 1.807) is 18.7 Å². The van der Waals surface area contributed by atoms with Gasteiger partial charge in [0, 0.05) is 7.05 Å². The summed E-state index contributed by atoms with van der Waals surface area (Å²) in [6.45, 7) is 5.49. The quantitative estimate of drug-likeness (QED) is 0.755. The first-order valence-corrected chi connectivity index (χ1v) is 8.73. The maximum absolute atomic E-state index is 12.8. The fraction of sp³-hybridized carbons (Fsp3) is 0.238. The smallest absolute Gasteiger partial charge is 0.295 e. The Labute approximate surface area is 158 Å². The number of benzene rings is 2. The Bertz CT molecular complexity index is 1010. The summed E-state index contributed by atoms with van der Waals surface area (Å²) in [6.07, 6.45) is 0. The van der Waals surface area contributed by atoms with Crippen molar-refractivity contribution >= 4 is 11.6 Å². The van der Waals surface area contributed by atoms with E-state index in [0.717, 1.165) is 16.8 Å². The Kier molecular flexibility index (Phi) is 5.16. The predicted molar refractivity (Wildman–Crippen MR) is 106 cm³/mol. The molecule has 1 aromatic heterocycles. The van der Waals surface area contributed by atoms with Crippen LogP contribution in [0.3, 0.4) is 0 Å². The van der Waals surface area contributed by atoms with E-state index >= 15 is 0 Å². The van der Waals surface area contributed by atoms with Gasteiger partial charge in [0.1, 0.15) is 11.4 Å². The standard InChI is InChI=1S/C21H23N3O3/c1-14-9-8-10-15(2)20(14)27-13-18(25)22-19-16(3)23(4)24(21(19)26)17-11-6-5-7-12-17/h5-12H,13H2,1-4H3,(H,22,25). The van der Waals surface area contributed by atoms with E-state index in [4.69, 9.17) is 4.74 Å². The molecule has 0 aliphatic rings. The van der Waals surface area contributed by atoms with Gasteiger partial charge in [-0.3, -0.25) is 14.3 Å². The average molecular weight is 365 g/mol. The van der Waals surface area contributed by atoms with E-state index in [1.807, 2.05) is 62.4 Å². The number of amides is 1. The molecule has 0 fully saturated rings. The summed E-state index contributed by atoms with van der Waals surface area (Å²) in [4.78, 5) is 25.2. The zero-order valence-corrected chi connectivity index (χ0v) is 15.9. The van der Waals surface area contributed by atoms with Gasteiger partial charge in [-0.25, -0.2) is 4.68 Å². The number of rotatable bonds is 5. The number of carbonyl (C=O) groups is 1. The Balaban J connectivity index is 1.80. The van der Waals surface area contributed by atoms with E-state index in [1.165, 1.54) is 4.68 Å². The molecular weight excluding hydrogens is 342 g/mol. The third-order valence-electron chi connectivity index (χ3n) is 4.57. The largest absolute Gasteiger partial charge is 0.483 e. The van der Waals surface area contributed by atoms with E-state index in [-0.39, 0.29) is 23.8 Å². The highest BCUT2D eigenvalue weighted by Gasteiger charge is 2.18. The van der Waals surface area contributed by atoms with Crippen molar-refractivity contribution in [2.45, 2.75) is 20.8 Å². The van der Waals surface area contributed by atoms with Gasteiger partial charge in [0.15, 0.2) is 6.61 Å². The normalized spacial score (nSPS) is 10.7. The highest BCUT2D eigenvalue weighted by molar-refractivity contribution is 5.92. The molecule has 1 N–H and O–H groups in total. The molecule has 0 saturated carbocycles. The Morgan fingerprint density at radius 3 is 2.26 bits per heavy atom. The van der Waals surface area contributed by atoms with Gasteiger partial charge in [-0.15, -0.1) is 0 Å². The SMILES string of the molecule is Cc1cccc(C)c1OCC(=O)Nc1c(C)n(C)n(-c2ccccc2)c1=O. The van der Waals surface area contributed by atoms with Crippen LogP contribution in [0.15, 0.2) is 53.3 Å². The van der Waals surface area contributed by atoms with Crippen LogP contribution < -0.4 is 15.6 Å². The lowest BCUT2D eigenvalue weighted by Crippen LogP contribution is -2.26. The highest BCUT2D eigenvalue weighted by Crippen LogP contribution is 2.22. The summed E-state index contributed by atoms with van der Waals surface area (Å²) in [7, 11) is 1.78. The number of para-hydroxylation sites is 2.